The van der Waals surface area contributed by atoms with Gasteiger partial charge in [0.25, 0.3) is 0 Å². The van der Waals surface area contributed by atoms with E-state index in [1.165, 1.54) is 6.08 Å². The average Bonchev–Trinajstić information content (AvgIpc) is 2.82. The lowest BCUT2D eigenvalue weighted by atomic mass is 10.0. The fourth-order valence-corrected chi connectivity index (χ4v) is 3.03. The van der Waals surface area contributed by atoms with E-state index in [1.807, 2.05) is 6.08 Å². The Labute approximate surface area is 203 Å². The molecule has 0 saturated heterocycles. The van der Waals surface area contributed by atoms with E-state index in [0.717, 1.165) is 12.1 Å². The number of hydrogen-bond acceptors (Lipinski definition) is 6. The van der Waals surface area contributed by atoms with Gasteiger partial charge < -0.3 is 19.3 Å². The number of ether oxygens (including phenoxy) is 3. The van der Waals surface area contributed by atoms with Crippen molar-refractivity contribution < 1.29 is 37.7 Å². The van der Waals surface area contributed by atoms with Crippen LogP contribution in [0.5, 0.6) is 5.75 Å². The van der Waals surface area contributed by atoms with E-state index in [-0.39, 0.29) is 18.9 Å². The quantitative estimate of drug-likeness (QED) is 0.233. The van der Waals surface area contributed by atoms with E-state index < -0.39 is 29.8 Å². The summed E-state index contributed by atoms with van der Waals surface area (Å²) in [4.78, 5) is 24.0. The maximum absolute atomic E-state index is 13.9. The van der Waals surface area contributed by atoms with Crippen LogP contribution in [0.15, 0.2) is 66.3 Å². The minimum atomic E-state index is -0.921. The zero-order valence-corrected chi connectivity index (χ0v) is 19.6. The van der Waals surface area contributed by atoms with Crippen LogP contribution in [0.2, 0.25) is 0 Å². The third kappa shape index (κ3) is 9.97. The van der Waals surface area contributed by atoms with E-state index >= 15 is 0 Å². The molecule has 0 heterocycles. The number of esters is 1. The predicted molar refractivity (Wildman–Crippen MR) is 127 cm³/mol. The Kier molecular flexibility index (Phi) is 11.4. The van der Waals surface area contributed by atoms with E-state index in [0.29, 0.717) is 42.4 Å². The van der Waals surface area contributed by atoms with Gasteiger partial charge in [0.05, 0.1) is 18.9 Å². The maximum atomic E-state index is 13.9. The second kappa shape index (κ2) is 14.5. The first-order valence-electron chi connectivity index (χ1n) is 11.1. The molecule has 0 aliphatic rings. The van der Waals surface area contributed by atoms with Crippen LogP contribution in [0.4, 0.5) is 19.3 Å². The van der Waals surface area contributed by atoms with Crippen LogP contribution >= 0.6 is 0 Å². The molecule has 0 unspecified atom stereocenters. The molecular formula is C26H29F2NO6. The Morgan fingerprint density at radius 2 is 1.89 bits per heavy atom. The van der Waals surface area contributed by atoms with E-state index in [4.69, 9.17) is 19.3 Å². The summed E-state index contributed by atoms with van der Waals surface area (Å²) in [7, 11) is 0. The van der Waals surface area contributed by atoms with Gasteiger partial charge in [-0.25, -0.2) is 18.4 Å². The zero-order chi connectivity index (χ0) is 25.6. The second-order valence-electron chi connectivity index (χ2n) is 7.40. The third-order valence-electron chi connectivity index (χ3n) is 4.64. The molecule has 1 atom stereocenters. The van der Waals surface area contributed by atoms with Gasteiger partial charge in [-0.1, -0.05) is 24.3 Å². The normalized spacial score (nSPS) is 12.3. The van der Waals surface area contributed by atoms with Gasteiger partial charge >= 0.3 is 12.1 Å². The highest BCUT2D eigenvalue weighted by atomic mass is 19.1. The number of carbonyl (C=O) groups excluding carboxylic acids is 2. The fourth-order valence-electron chi connectivity index (χ4n) is 3.03. The monoisotopic (exact) mass is 489 g/mol. The van der Waals surface area contributed by atoms with Gasteiger partial charge in [0.15, 0.2) is 0 Å². The van der Waals surface area contributed by atoms with Crippen molar-refractivity contribution in [1.82, 2.24) is 0 Å². The largest absolute Gasteiger partial charge is 0.491 e. The smallest absolute Gasteiger partial charge is 0.412 e. The van der Waals surface area contributed by atoms with Gasteiger partial charge in [0.2, 0.25) is 0 Å². The minimum absolute atomic E-state index is 0.121. The lowest BCUT2D eigenvalue weighted by Crippen LogP contribution is -2.18. The van der Waals surface area contributed by atoms with Gasteiger partial charge in [-0.3, -0.25) is 5.32 Å². The number of carbonyl (C=O) groups is 2. The summed E-state index contributed by atoms with van der Waals surface area (Å²) in [6.45, 7) is 3.80. The van der Waals surface area contributed by atoms with Crippen LogP contribution in [-0.4, -0.2) is 37.0 Å². The van der Waals surface area contributed by atoms with Gasteiger partial charge in [-0.15, -0.1) is 0 Å². The summed E-state index contributed by atoms with van der Waals surface area (Å²) in [6, 6.07) is 9.60. The molecule has 1 amide bonds. The Bertz CT molecular complexity index is 1040. The molecule has 0 saturated carbocycles. The molecule has 0 fully saturated rings. The minimum Gasteiger partial charge on any atom is -0.491 e. The Balaban J connectivity index is 2.09. The van der Waals surface area contributed by atoms with Gasteiger partial charge in [-0.05, 0) is 62.1 Å². The molecule has 35 heavy (non-hydrogen) atoms. The number of hydrogen-bond donors (Lipinski definition) is 2. The molecule has 2 rings (SSSR count). The second-order valence-corrected chi connectivity index (χ2v) is 7.40. The van der Waals surface area contributed by atoms with Crippen LogP contribution in [0, 0.1) is 11.6 Å². The number of rotatable bonds is 12. The first-order valence-corrected chi connectivity index (χ1v) is 11.1. The standard InChI is InChI=1S/C26H29F2NO6/c1-3-33-25(31)16-18(2)6-4-5-7-24(19-8-11-21(12-9-19)34-15-14-30)35-26(32)29-23-13-10-20(27)17-22(23)28/h4,6,8-13,16-17,24,30H,3,5,7,14-15H2,1-2H3,(H,29,32)/b6-4+,18-16+/t24-/m0/s1. The number of allylic oxidation sites excluding steroid dienone is 3. The summed E-state index contributed by atoms with van der Waals surface area (Å²) in [5.41, 5.74) is 1.17. The number of aliphatic hydroxyl groups is 1. The average molecular weight is 490 g/mol. The molecule has 7 nitrogen and oxygen atoms in total. The number of halogens is 2. The molecular weight excluding hydrogens is 460 g/mol. The molecule has 2 N–H and O–H groups in total. The summed E-state index contributed by atoms with van der Waals surface area (Å²) >= 11 is 0. The van der Waals surface area contributed by atoms with E-state index in [2.05, 4.69) is 5.32 Å². The Morgan fingerprint density at radius 3 is 2.54 bits per heavy atom. The maximum Gasteiger partial charge on any atom is 0.412 e. The fraction of sp³-hybridized carbons (Fsp3) is 0.308. The van der Waals surface area contributed by atoms with Crippen molar-refractivity contribution in [1.29, 1.82) is 0 Å². The molecule has 0 aromatic heterocycles. The van der Waals surface area contributed by atoms with Crippen molar-refractivity contribution >= 4 is 17.7 Å². The van der Waals surface area contributed by atoms with Crippen LogP contribution in [0.3, 0.4) is 0 Å². The summed E-state index contributed by atoms with van der Waals surface area (Å²) < 4.78 is 42.8. The number of anilines is 1. The van der Waals surface area contributed by atoms with Crippen LogP contribution in [0.1, 0.15) is 38.4 Å². The van der Waals surface area contributed by atoms with Gasteiger partial charge in [0.1, 0.15) is 30.1 Å². The van der Waals surface area contributed by atoms with Crippen LogP contribution in [0.25, 0.3) is 0 Å². The predicted octanol–water partition coefficient (Wildman–Crippen LogP) is 5.47. The first kappa shape index (κ1) is 27.5. The number of aliphatic hydroxyl groups excluding tert-OH is 1. The highest BCUT2D eigenvalue weighted by Gasteiger charge is 2.18. The number of nitrogens with one attached hydrogen (secondary N) is 1. The summed E-state index contributed by atoms with van der Waals surface area (Å²) in [5.74, 6) is -1.57. The molecule has 0 bridgehead atoms. The van der Waals surface area contributed by atoms with Crippen molar-refractivity contribution in [3.05, 3.63) is 83.5 Å². The molecule has 0 aliphatic carbocycles. The lowest BCUT2D eigenvalue weighted by molar-refractivity contribution is -0.137. The van der Waals surface area contributed by atoms with Crippen molar-refractivity contribution in [2.45, 2.75) is 32.8 Å². The summed E-state index contributed by atoms with van der Waals surface area (Å²) in [6.07, 6.45) is 4.27. The van der Waals surface area contributed by atoms with Crippen molar-refractivity contribution in [3.63, 3.8) is 0 Å². The lowest BCUT2D eigenvalue weighted by Gasteiger charge is -2.19. The van der Waals surface area contributed by atoms with Crippen LogP contribution in [-0.2, 0) is 14.3 Å². The number of benzene rings is 2. The molecule has 0 aliphatic heterocycles. The molecule has 188 valence electrons. The Morgan fingerprint density at radius 1 is 1.14 bits per heavy atom. The molecule has 2 aromatic carbocycles. The van der Waals surface area contributed by atoms with Crippen molar-refractivity contribution in [2.75, 3.05) is 25.1 Å². The van der Waals surface area contributed by atoms with Gasteiger partial charge in [0, 0.05) is 12.1 Å². The first-order chi connectivity index (χ1) is 16.8. The summed E-state index contributed by atoms with van der Waals surface area (Å²) in [5, 5.41) is 11.2. The third-order valence-corrected chi connectivity index (χ3v) is 4.64. The van der Waals surface area contributed by atoms with E-state index in [9.17, 15) is 18.4 Å². The number of amides is 1. The van der Waals surface area contributed by atoms with Crippen molar-refractivity contribution in [3.8, 4) is 5.75 Å². The van der Waals surface area contributed by atoms with Crippen LogP contribution < -0.4 is 10.1 Å². The SMILES string of the molecule is CCOC(=O)/C=C(C)/C=C/CC[C@H](OC(=O)Nc1ccc(F)cc1F)c1ccc(OCCO)cc1. The molecule has 0 radical (unpaired) electrons. The van der Waals surface area contributed by atoms with Gasteiger partial charge in [-0.2, -0.15) is 0 Å². The van der Waals surface area contributed by atoms with Crippen molar-refractivity contribution in [2.24, 2.45) is 0 Å². The zero-order valence-electron chi connectivity index (χ0n) is 19.6. The molecule has 0 spiro atoms. The molecule has 9 heteroatoms. The Hall–Kier alpha value is -3.72. The van der Waals surface area contributed by atoms with E-state index in [1.54, 1.807) is 44.2 Å². The highest BCUT2D eigenvalue weighted by Crippen LogP contribution is 2.26. The topological polar surface area (TPSA) is 94.1 Å². The molecule has 2 aromatic rings. The highest BCUT2D eigenvalue weighted by molar-refractivity contribution is 5.85.